The molecule has 3 aliphatic rings. The normalized spacial score (nSPS) is 36.9. The number of aliphatic hydroxyl groups excluding tert-OH is 2. The summed E-state index contributed by atoms with van der Waals surface area (Å²) in [5.41, 5.74) is 1.28. The van der Waals surface area contributed by atoms with Crippen molar-refractivity contribution in [1.29, 1.82) is 0 Å². The van der Waals surface area contributed by atoms with Crippen molar-refractivity contribution in [2.45, 2.75) is 112 Å². The van der Waals surface area contributed by atoms with Crippen molar-refractivity contribution >= 4 is 17.9 Å². The van der Waals surface area contributed by atoms with Gasteiger partial charge in [0, 0.05) is 32.1 Å². The second-order valence-corrected chi connectivity index (χ2v) is 12.3. The van der Waals surface area contributed by atoms with Crippen LogP contribution in [0.4, 0.5) is 0 Å². The van der Waals surface area contributed by atoms with Gasteiger partial charge in [0.1, 0.15) is 18.3 Å². The lowest BCUT2D eigenvalue weighted by Crippen LogP contribution is -2.60. The van der Waals surface area contributed by atoms with Crippen molar-refractivity contribution in [2.24, 2.45) is 28.6 Å². The summed E-state index contributed by atoms with van der Waals surface area (Å²) in [6.07, 6.45) is -1.56. The molecule has 0 heterocycles. The Kier molecular flexibility index (Phi) is 8.35. The van der Waals surface area contributed by atoms with E-state index in [-0.39, 0.29) is 0 Å². The Morgan fingerprint density at radius 2 is 1.65 bits per heavy atom. The van der Waals surface area contributed by atoms with Gasteiger partial charge < -0.3 is 24.4 Å². The molecule has 3 rings (SSSR count). The lowest BCUT2D eigenvalue weighted by atomic mass is 9.50. The molecular formula is C29H44O8. The molecule has 0 aliphatic heterocycles. The van der Waals surface area contributed by atoms with Crippen LogP contribution in [0, 0.1) is 28.6 Å². The molecule has 0 aromatic carbocycles. The topological polar surface area (TPSA) is 119 Å². The number of rotatable bonds is 5. The highest BCUT2D eigenvalue weighted by Gasteiger charge is 2.60. The number of ether oxygens (including phenoxy) is 3. The molecule has 6 unspecified atom stereocenters. The molecule has 0 aromatic heterocycles. The van der Waals surface area contributed by atoms with Gasteiger partial charge in [-0.25, -0.2) is 0 Å². The van der Waals surface area contributed by atoms with Crippen LogP contribution in [-0.2, 0) is 28.6 Å². The van der Waals surface area contributed by atoms with Crippen LogP contribution < -0.4 is 0 Å². The van der Waals surface area contributed by atoms with Gasteiger partial charge >= 0.3 is 17.9 Å². The maximum absolute atomic E-state index is 13.0. The molecule has 2 N–H and O–H groups in total. The molecule has 0 aromatic rings. The molecule has 208 valence electrons. The summed E-state index contributed by atoms with van der Waals surface area (Å²) >= 11 is 0. The molecule has 9 atom stereocenters. The highest BCUT2D eigenvalue weighted by atomic mass is 16.6. The molecule has 2 fully saturated rings. The summed E-state index contributed by atoms with van der Waals surface area (Å²) < 4.78 is 17.8. The van der Waals surface area contributed by atoms with E-state index < -0.39 is 77.0 Å². The largest absolute Gasteiger partial charge is 0.461 e. The number of fused-ring (bicyclic) bond motifs is 3. The average Bonchev–Trinajstić information content (AvgIpc) is 2.72. The van der Waals surface area contributed by atoms with E-state index in [1.54, 1.807) is 13.8 Å². The average molecular weight is 521 g/mol. The van der Waals surface area contributed by atoms with Crippen molar-refractivity contribution in [3.8, 4) is 0 Å². The van der Waals surface area contributed by atoms with Crippen molar-refractivity contribution in [3.05, 3.63) is 23.3 Å². The zero-order chi connectivity index (χ0) is 28.0. The SMILES string of the molecule is C=C1C(OC(C)=O)CC[C@@]2(C)CC(O)C3=C(C)CC(OC(=O)C(C)C(C)O)[C@@H](C(OC(C)=O)[C@H]12)C3(C)C. The number of hydrogen-bond donors (Lipinski definition) is 2. The minimum atomic E-state index is -0.884. The molecule has 0 spiro atoms. The van der Waals surface area contributed by atoms with E-state index in [1.807, 2.05) is 20.8 Å². The quantitative estimate of drug-likeness (QED) is 0.318. The Morgan fingerprint density at radius 1 is 1.05 bits per heavy atom. The van der Waals surface area contributed by atoms with E-state index in [1.165, 1.54) is 13.8 Å². The lowest BCUT2D eigenvalue weighted by molar-refractivity contribution is -0.187. The van der Waals surface area contributed by atoms with Crippen LogP contribution in [0.2, 0.25) is 0 Å². The minimum absolute atomic E-state index is 0.375. The van der Waals surface area contributed by atoms with E-state index in [2.05, 4.69) is 13.5 Å². The van der Waals surface area contributed by atoms with Gasteiger partial charge in [0.25, 0.3) is 0 Å². The Bertz CT molecular complexity index is 978. The first-order chi connectivity index (χ1) is 17.0. The van der Waals surface area contributed by atoms with Crippen molar-refractivity contribution in [1.82, 2.24) is 0 Å². The number of carbonyl (C=O) groups is 3. The predicted octanol–water partition coefficient (Wildman–Crippen LogP) is 3.88. The first-order valence-corrected chi connectivity index (χ1v) is 13.3. The third-order valence-electron chi connectivity index (χ3n) is 9.09. The van der Waals surface area contributed by atoms with Gasteiger partial charge in [0.05, 0.1) is 18.1 Å². The molecule has 8 nitrogen and oxygen atoms in total. The van der Waals surface area contributed by atoms with Crippen LogP contribution >= 0.6 is 0 Å². The van der Waals surface area contributed by atoms with Crippen LogP contribution in [-0.4, -0.2) is 58.6 Å². The van der Waals surface area contributed by atoms with E-state index in [0.717, 1.165) is 11.1 Å². The zero-order valence-electron chi connectivity index (χ0n) is 23.5. The molecule has 0 amide bonds. The minimum Gasteiger partial charge on any atom is -0.461 e. The van der Waals surface area contributed by atoms with Gasteiger partial charge in [-0.15, -0.1) is 0 Å². The van der Waals surface area contributed by atoms with Gasteiger partial charge in [-0.1, -0.05) is 32.9 Å². The first-order valence-electron chi connectivity index (χ1n) is 13.3. The van der Waals surface area contributed by atoms with Crippen LogP contribution in [0.25, 0.3) is 0 Å². The Hall–Kier alpha value is -2.19. The maximum Gasteiger partial charge on any atom is 0.311 e. The monoisotopic (exact) mass is 520 g/mol. The number of carbonyl (C=O) groups excluding carboxylic acids is 3. The summed E-state index contributed by atoms with van der Waals surface area (Å²) in [4.78, 5) is 37.4. The van der Waals surface area contributed by atoms with Crippen LogP contribution in [0.1, 0.15) is 81.1 Å². The highest BCUT2D eigenvalue weighted by molar-refractivity contribution is 5.73. The molecule has 8 heteroatoms. The third-order valence-corrected chi connectivity index (χ3v) is 9.09. The van der Waals surface area contributed by atoms with Gasteiger partial charge in [-0.05, 0) is 62.0 Å². The Balaban J connectivity index is 2.20. The molecule has 0 radical (unpaired) electrons. The fourth-order valence-electron chi connectivity index (χ4n) is 7.34. The van der Waals surface area contributed by atoms with Gasteiger partial charge in [-0.3, -0.25) is 14.4 Å². The highest BCUT2D eigenvalue weighted by Crippen LogP contribution is 2.60. The number of aliphatic hydroxyl groups is 2. The molecular weight excluding hydrogens is 476 g/mol. The van der Waals surface area contributed by atoms with E-state index in [4.69, 9.17) is 14.2 Å². The van der Waals surface area contributed by atoms with Gasteiger partial charge in [0.15, 0.2) is 0 Å². The molecule has 37 heavy (non-hydrogen) atoms. The number of hydrogen-bond acceptors (Lipinski definition) is 8. The van der Waals surface area contributed by atoms with Crippen LogP contribution in [0.15, 0.2) is 23.3 Å². The first kappa shape index (κ1) is 29.4. The van der Waals surface area contributed by atoms with Gasteiger partial charge in [-0.2, -0.15) is 0 Å². The third kappa shape index (κ3) is 5.51. The summed E-state index contributed by atoms with van der Waals surface area (Å²) in [7, 11) is 0. The fourth-order valence-corrected chi connectivity index (χ4v) is 7.34. The Morgan fingerprint density at radius 3 is 2.19 bits per heavy atom. The predicted molar refractivity (Wildman–Crippen MR) is 137 cm³/mol. The van der Waals surface area contributed by atoms with Crippen molar-refractivity contribution in [3.63, 3.8) is 0 Å². The fraction of sp³-hybridized carbons (Fsp3) is 0.759. The molecule has 2 saturated carbocycles. The van der Waals surface area contributed by atoms with Crippen LogP contribution in [0.5, 0.6) is 0 Å². The van der Waals surface area contributed by atoms with Crippen molar-refractivity contribution in [2.75, 3.05) is 0 Å². The van der Waals surface area contributed by atoms with Gasteiger partial charge in [0.2, 0.25) is 0 Å². The Labute approximate surface area is 220 Å². The second-order valence-electron chi connectivity index (χ2n) is 12.3. The van der Waals surface area contributed by atoms with E-state index >= 15 is 0 Å². The van der Waals surface area contributed by atoms with E-state index in [0.29, 0.717) is 31.3 Å². The number of esters is 3. The summed E-state index contributed by atoms with van der Waals surface area (Å²) in [5.74, 6) is -3.09. The summed E-state index contributed by atoms with van der Waals surface area (Å²) in [6.45, 7) is 18.2. The maximum atomic E-state index is 13.0. The molecule has 0 saturated heterocycles. The summed E-state index contributed by atoms with van der Waals surface area (Å²) in [5, 5.41) is 21.6. The second kappa shape index (κ2) is 10.5. The lowest BCUT2D eigenvalue weighted by Gasteiger charge is -2.58. The van der Waals surface area contributed by atoms with Crippen LogP contribution in [0.3, 0.4) is 0 Å². The molecule has 2 bridgehead atoms. The van der Waals surface area contributed by atoms with E-state index in [9.17, 15) is 24.6 Å². The smallest absolute Gasteiger partial charge is 0.311 e. The summed E-state index contributed by atoms with van der Waals surface area (Å²) in [6, 6.07) is 0. The molecule has 3 aliphatic carbocycles. The zero-order valence-corrected chi connectivity index (χ0v) is 23.5. The standard InChI is InChI=1S/C29H44O8/c1-14-12-22(37-27(34)15(2)17(4)30)25-26(36-19(6)32)24-16(3)21(35-18(5)31)10-11-29(24,9)13-20(33)23(14)28(25,7)8/h15,17,20-22,24-26,30,33H,3,10-13H2,1-2,4-9H3/t15?,17?,20?,21?,22?,24-,25-,26?,29-/m0/s1. The van der Waals surface area contributed by atoms with Crippen molar-refractivity contribution < 1.29 is 38.8 Å².